The summed E-state index contributed by atoms with van der Waals surface area (Å²) in [7, 11) is 1.75. The van der Waals surface area contributed by atoms with Crippen molar-refractivity contribution >= 4 is 29.9 Å². The Labute approximate surface area is 166 Å². The molecule has 2 rings (SSSR count). The number of aryl methyl sites for hydroxylation is 2. The molecule has 0 fully saturated rings. The Morgan fingerprint density at radius 3 is 2.40 bits per heavy atom. The van der Waals surface area contributed by atoms with E-state index in [9.17, 15) is 0 Å². The van der Waals surface area contributed by atoms with Crippen LogP contribution in [-0.2, 0) is 18.4 Å². The molecule has 2 N–H and O–H groups in total. The third-order valence-electron chi connectivity index (χ3n) is 4.04. The maximum Gasteiger partial charge on any atom is 0.246 e. The molecule has 0 radical (unpaired) electrons. The van der Waals surface area contributed by atoms with E-state index in [-0.39, 0.29) is 29.4 Å². The molecule has 138 valence electrons. The second-order valence-corrected chi connectivity index (χ2v) is 6.45. The van der Waals surface area contributed by atoms with E-state index >= 15 is 0 Å². The number of rotatable bonds is 6. The van der Waals surface area contributed by atoms with Crippen molar-refractivity contribution in [3.05, 3.63) is 47.1 Å². The first-order valence-electron chi connectivity index (χ1n) is 8.27. The molecule has 2 aromatic rings. The van der Waals surface area contributed by atoms with Crippen LogP contribution in [0.5, 0.6) is 0 Å². The van der Waals surface area contributed by atoms with E-state index in [2.05, 4.69) is 70.8 Å². The lowest BCUT2D eigenvalue weighted by Crippen LogP contribution is -2.43. The number of aliphatic imine (C=N–C) groups is 1. The Kier molecular flexibility index (Phi) is 8.34. The Morgan fingerprint density at radius 1 is 1.20 bits per heavy atom. The largest absolute Gasteiger partial charge is 0.356 e. The smallest absolute Gasteiger partial charge is 0.246 e. The van der Waals surface area contributed by atoms with E-state index in [1.807, 2.05) is 0 Å². The maximum absolute atomic E-state index is 5.09. The van der Waals surface area contributed by atoms with Gasteiger partial charge in [-0.1, -0.05) is 50.2 Å². The average molecular weight is 457 g/mol. The fourth-order valence-electron chi connectivity index (χ4n) is 2.39. The molecule has 0 saturated heterocycles. The van der Waals surface area contributed by atoms with Gasteiger partial charge in [0, 0.05) is 19.0 Å². The molecular formula is C18H28IN5O. The van der Waals surface area contributed by atoms with Crippen LogP contribution in [0.1, 0.15) is 43.6 Å². The summed E-state index contributed by atoms with van der Waals surface area (Å²) in [5.41, 5.74) is 2.65. The van der Waals surface area contributed by atoms with E-state index in [4.69, 9.17) is 4.52 Å². The van der Waals surface area contributed by atoms with Gasteiger partial charge in [-0.2, -0.15) is 4.98 Å². The van der Waals surface area contributed by atoms with Gasteiger partial charge in [0.15, 0.2) is 11.8 Å². The van der Waals surface area contributed by atoms with Crippen LogP contribution in [0.15, 0.2) is 33.8 Å². The van der Waals surface area contributed by atoms with Gasteiger partial charge in [-0.3, -0.25) is 4.99 Å². The van der Waals surface area contributed by atoms with E-state index < -0.39 is 0 Å². The fourth-order valence-corrected chi connectivity index (χ4v) is 2.39. The highest BCUT2D eigenvalue weighted by Crippen LogP contribution is 2.22. The van der Waals surface area contributed by atoms with Crippen molar-refractivity contribution in [1.82, 2.24) is 20.8 Å². The molecular weight excluding hydrogens is 429 g/mol. The first-order chi connectivity index (χ1) is 11.4. The third kappa shape index (κ3) is 6.30. The van der Waals surface area contributed by atoms with Gasteiger partial charge in [0.2, 0.25) is 5.89 Å². The molecule has 0 aliphatic carbocycles. The zero-order chi connectivity index (χ0) is 17.6. The van der Waals surface area contributed by atoms with Gasteiger partial charge in [-0.25, -0.2) is 0 Å². The van der Waals surface area contributed by atoms with Gasteiger partial charge in [-0.15, -0.1) is 24.0 Å². The Hall–Kier alpha value is -1.64. The fraction of sp³-hybridized carbons (Fsp3) is 0.500. The van der Waals surface area contributed by atoms with Gasteiger partial charge in [0.25, 0.3) is 0 Å². The number of guanidine groups is 1. The number of halogens is 1. The van der Waals surface area contributed by atoms with Crippen molar-refractivity contribution in [2.75, 3.05) is 13.6 Å². The van der Waals surface area contributed by atoms with Crippen molar-refractivity contribution in [3.63, 3.8) is 0 Å². The molecule has 0 unspecified atom stereocenters. The van der Waals surface area contributed by atoms with Crippen molar-refractivity contribution in [3.8, 4) is 0 Å². The van der Waals surface area contributed by atoms with E-state index in [0.717, 1.165) is 13.0 Å². The highest BCUT2D eigenvalue weighted by molar-refractivity contribution is 14.0. The van der Waals surface area contributed by atoms with Crippen LogP contribution in [0.3, 0.4) is 0 Å². The first kappa shape index (κ1) is 21.4. The number of nitrogens with one attached hydrogen (secondary N) is 2. The third-order valence-corrected chi connectivity index (χ3v) is 4.04. The molecule has 25 heavy (non-hydrogen) atoms. The maximum atomic E-state index is 5.09. The van der Waals surface area contributed by atoms with E-state index in [1.54, 1.807) is 14.0 Å². The second kappa shape index (κ2) is 9.74. The summed E-state index contributed by atoms with van der Waals surface area (Å²) < 4.78 is 5.09. The molecule has 7 heteroatoms. The molecule has 0 aliphatic rings. The topological polar surface area (TPSA) is 75.3 Å². The number of hydrogen-bond acceptors (Lipinski definition) is 4. The van der Waals surface area contributed by atoms with Crippen LogP contribution in [-0.4, -0.2) is 29.7 Å². The second-order valence-electron chi connectivity index (χ2n) is 6.45. The van der Waals surface area contributed by atoms with Crippen LogP contribution in [0, 0.1) is 6.92 Å². The normalized spacial score (nSPS) is 11.8. The highest BCUT2D eigenvalue weighted by atomic mass is 127. The lowest BCUT2D eigenvalue weighted by molar-refractivity contribution is 0.371. The molecule has 0 aliphatic heterocycles. The number of benzene rings is 1. The van der Waals surface area contributed by atoms with Crippen LogP contribution < -0.4 is 10.6 Å². The Bertz CT molecular complexity index is 679. The van der Waals surface area contributed by atoms with Crippen LogP contribution in [0.25, 0.3) is 0 Å². The summed E-state index contributed by atoms with van der Waals surface area (Å²) in [4.78, 5) is 8.41. The quantitative estimate of drug-likeness (QED) is 0.396. The minimum Gasteiger partial charge on any atom is -0.356 e. The molecule has 0 amide bonds. The predicted octanol–water partition coefficient (Wildman–Crippen LogP) is 3.20. The SMILES string of the molecule is CCc1ccc(C(C)(C)CNC(=NC)NCc2nc(C)no2)cc1.I. The molecule has 1 heterocycles. The van der Waals surface area contributed by atoms with Crippen molar-refractivity contribution in [2.24, 2.45) is 4.99 Å². The number of aromatic nitrogens is 2. The number of hydrogen-bond donors (Lipinski definition) is 2. The molecule has 0 saturated carbocycles. The summed E-state index contributed by atoms with van der Waals surface area (Å²) in [6, 6.07) is 8.81. The number of nitrogens with zero attached hydrogens (tertiary/aromatic N) is 3. The highest BCUT2D eigenvalue weighted by Gasteiger charge is 2.21. The molecule has 1 aromatic heterocycles. The van der Waals surface area contributed by atoms with Gasteiger partial charge >= 0.3 is 0 Å². The van der Waals surface area contributed by atoms with Gasteiger partial charge in [0.1, 0.15) is 0 Å². The van der Waals surface area contributed by atoms with Gasteiger partial charge in [0.05, 0.1) is 6.54 Å². The van der Waals surface area contributed by atoms with Crippen molar-refractivity contribution in [2.45, 2.75) is 46.1 Å². The van der Waals surface area contributed by atoms with Crippen LogP contribution in [0.2, 0.25) is 0 Å². The van der Waals surface area contributed by atoms with E-state index in [1.165, 1.54) is 11.1 Å². The minimum atomic E-state index is -0.00896. The molecule has 0 spiro atoms. The summed E-state index contributed by atoms with van der Waals surface area (Å²) in [6.45, 7) is 9.62. The minimum absolute atomic E-state index is 0. The van der Waals surface area contributed by atoms with Crippen LogP contribution >= 0.6 is 24.0 Å². The summed E-state index contributed by atoms with van der Waals surface area (Å²) in [6.07, 6.45) is 1.06. The lowest BCUT2D eigenvalue weighted by atomic mass is 9.84. The van der Waals surface area contributed by atoms with Crippen molar-refractivity contribution < 1.29 is 4.52 Å². The summed E-state index contributed by atoms with van der Waals surface area (Å²) in [5.74, 6) is 1.89. The van der Waals surface area contributed by atoms with Gasteiger partial charge in [-0.05, 0) is 24.5 Å². The average Bonchev–Trinajstić information content (AvgIpc) is 3.00. The Morgan fingerprint density at radius 2 is 1.88 bits per heavy atom. The first-order valence-corrected chi connectivity index (χ1v) is 8.27. The van der Waals surface area contributed by atoms with Crippen molar-refractivity contribution in [1.29, 1.82) is 0 Å². The zero-order valence-corrected chi connectivity index (χ0v) is 17.9. The van der Waals surface area contributed by atoms with E-state index in [0.29, 0.717) is 24.2 Å². The van der Waals surface area contributed by atoms with Gasteiger partial charge < -0.3 is 15.2 Å². The monoisotopic (exact) mass is 457 g/mol. The molecule has 1 aromatic carbocycles. The summed E-state index contributed by atoms with van der Waals surface area (Å²) in [5, 5.41) is 10.3. The predicted molar refractivity (Wildman–Crippen MR) is 111 cm³/mol. The molecule has 6 nitrogen and oxygen atoms in total. The van der Waals surface area contributed by atoms with Crippen LogP contribution in [0.4, 0.5) is 0 Å². The molecule has 0 bridgehead atoms. The standard InChI is InChI=1S/C18H27N5O.HI/c1-6-14-7-9-15(10-8-14)18(3,4)12-21-17(19-5)20-11-16-22-13(2)23-24-16;/h7-10H,6,11-12H2,1-5H3,(H2,19,20,21);1H. The Balaban J connectivity index is 0.00000312. The molecule has 0 atom stereocenters. The summed E-state index contributed by atoms with van der Waals surface area (Å²) >= 11 is 0. The lowest BCUT2D eigenvalue weighted by Gasteiger charge is -2.27. The zero-order valence-electron chi connectivity index (χ0n) is 15.6.